The number of nitrogens with one attached hydrogen (secondary N) is 2. The van der Waals surface area contributed by atoms with Crippen LogP contribution < -0.4 is 5.32 Å². The van der Waals surface area contributed by atoms with Crippen molar-refractivity contribution in [3.63, 3.8) is 0 Å². The van der Waals surface area contributed by atoms with Crippen molar-refractivity contribution in [2.45, 2.75) is 60.9 Å². The zero-order chi connectivity index (χ0) is 13.9. The van der Waals surface area contributed by atoms with Crippen LogP contribution in [0.3, 0.4) is 0 Å². The highest BCUT2D eigenvalue weighted by Crippen LogP contribution is 2.29. The summed E-state index contributed by atoms with van der Waals surface area (Å²) in [5.74, 6) is 0.0689. The van der Waals surface area contributed by atoms with Crippen molar-refractivity contribution in [1.82, 2.24) is 5.32 Å². The zero-order valence-electron chi connectivity index (χ0n) is 12.3. The fraction of sp³-hybridized carbons (Fsp3) is 0.857. The molecule has 0 aliphatic carbocycles. The molecule has 17 heavy (non-hydrogen) atoms. The predicted molar refractivity (Wildman–Crippen MR) is 73.4 cm³/mol. The Kier molecular flexibility index (Phi) is 5.37. The maximum absolute atomic E-state index is 10.7. The molecule has 0 heterocycles. The third-order valence-electron chi connectivity index (χ3n) is 2.95. The van der Waals surface area contributed by atoms with Crippen LogP contribution in [0.25, 0.3) is 0 Å². The summed E-state index contributed by atoms with van der Waals surface area (Å²) in [4.78, 5) is 10.7. The molecule has 0 rings (SSSR count). The lowest BCUT2D eigenvalue weighted by molar-refractivity contribution is -0.111. The standard InChI is InChI=1S/C14H28N2O/c1-10(11(15)8-13(2,3)4)12(16-9-17)14(5,6)7/h9-10,12,15H,8H2,1-7H3,(H,16,17). The van der Waals surface area contributed by atoms with E-state index in [4.69, 9.17) is 5.41 Å². The van der Waals surface area contributed by atoms with E-state index in [2.05, 4.69) is 46.9 Å². The second-order valence-electron chi connectivity index (χ2n) is 7.18. The molecule has 0 radical (unpaired) electrons. The summed E-state index contributed by atoms with van der Waals surface area (Å²) >= 11 is 0. The van der Waals surface area contributed by atoms with Gasteiger partial charge in [-0.25, -0.2) is 0 Å². The van der Waals surface area contributed by atoms with Crippen LogP contribution >= 0.6 is 0 Å². The van der Waals surface area contributed by atoms with E-state index in [0.717, 1.165) is 12.8 Å². The number of carbonyl (C=O) groups is 1. The van der Waals surface area contributed by atoms with Gasteiger partial charge in [0.05, 0.1) is 0 Å². The van der Waals surface area contributed by atoms with Gasteiger partial charge in [-0.15, -0.1) is 0 Å². The van der Waals surface area contributed by atoms with E-state index in [1.807, 2.05) is 6.92 Å². The van der Waals surface area contributed by atoms with Crippen LogP contribution in [0.1, 0.15) is 54.9 Å². The van der Waals surface area contributed by atoms with E-state index in [9.17, 15) is 4.79 Å². The highest BCUT2D eigenvalue weighted by Gasteiger charge is 2.32. The molecule has 0 bridgehead atoms. The third kappa shape index (κ3) is 5.85. The first-order valence-electron chi connectivity index (χ1n) is 6.26. The smallest absolute Gasteiger partial charge is 0.207 e. The molecule has 0 fully saturated rings. The summed E-state index contributed by atoms with van der Waals surface area (Å²) in [5.41, 5.74) is 0.797. The first kappa shape index (κ1) is 16.1. The minimum atomic E-state index is -0.0372. The van der Waals surface area contributed by atoms with E-state index in [1.54, 1.807) is 0 Å². The van der Waals surface area contributed by atoms with E-state index in [1.165, 1.54) is 0 Å². The van der Waals surface area contributed by atoms with E-state index in [0.29, 0.717) is 5.71 Å². The van der Waals surface area contributed by atoms with Gasteiger partial charge < -0.3 is 10.7 Å². The van der Waals surface area contributed by atoms with Crippen molar-refractivity contribution in [3.05, 3.63) is 0 Å². The van der Waals surface area contributed by atoms with Crippen molar-refractivity contribution < 1.29 is 4.79 Å². The number of amides is 1. The average molecular weight is 240 g/mol. The van der Waals surface area contributed by atoms with Crippen LogP contribution in [-0.2, 0) is 4.79 Å². The molecule has 0 saturated heterocycles. The van der Waals surface area contributed by atoms with Crippen molar-refractivity contribution in [3.8, 4) is 0 Å². The number of hydrogen-bond donors (Lipinski definition) is 2. The Balaban J connectivity index is 4.79. The Hall–Kier alpha value is -0.860. The Labute approximate surface area is 106 Å². The Morgan fingerprint density at radius 1 is 1.24 bits per heavy atom. The maximum atomic E-state index is 10.7. The van der Waals surface area contributed by atoms with Gasteiger partial charge in [0.2, 0.25) is 6.41 Å². The molecule has 0 aromatic rings. The summed E-state index contributed by atoms with van der Waals surface area (Å²) in [6.45, 7) is 14.7. The molecule has 0 aliphatic rings. The van der Waals surface area contributed by atoms with Crippen molar-refractivity contribution in [2.75, 3.05) is 0 Å². The molecular formula is C14H28N2O. The normalized spacial score (nSPS) is 16.2. The lowest BCUT2D eigenvalue weighted by Crippen LogP contribution is -2.47. The van der Waals surface area contributed by atoms with Gasteiger partial charge in [0.1, 0.15) is 0 Å². The maximum Gasteiger partial charge on any atom is 0.207 e. The molecule has 0 saturated carbocycles. The molecular weight excluding hydrogens is 212 g/mol. The summed E-state index contributed by atoms with van der Waals surface area (Å²) in [7, 11) is 0. The van der Waals surface area contributed by atoms with Gasteiger partial charge in [-0.05, 0) is 17.3 Å². The molecule has 0 aliphatic heterocycles. The lowest BCUT2D eigenvalue weighted by Gasteiger charge is -2.36. The molecule has 1 amide bonds. The van der Waals surface area contributed by atoms with Gasteiger partial charge in [-0.2, -0.15) is 0 Å². The van der Waals surface area contributed by atoms with Crippen LogP contribution in [-0.4, -0.2) is 18.2 Å². The highest BCUT2D eigenvalue weighted by molar-refractivity contribution is 5.85. The van der Waals surface area contributed by atoms with Gasteiger partial charge >= 0.3 is 0 Å². The van der Waals surface area contributed by atoms with Gasteiger partial charge in [-0.1, -0.05) is 48.5 Å². The number of rotatable bonds is 5. The summed E-state index contributed by atoms with van der Waals surface area (Å²) in [6, 6.07) is 0.00912. The zero-order valence-corrected chi connectivity index (χ0v) is 12.3. The highest BCUT2D eigenvalue weighted by atomic mass is 16.1. The molecule has 3 heteroatoms. The summed E-state index contributed by atoms with van der Waals surface area (Å²) < 4.78 is 0. The SMILES string of the molecule is CC(C(=N)CC(C)(C)C)C(NC=O)C(C)(C)C. The van der Waals surface area contributed by atoms with E-state index >= 15 is 0 Å². The predicted octanol–water partition coefficient (Wildman–Crippen LogP) is 3.24. The number of carbonyl (C=O) groups excluding carboxylic acids is 1. The van der Waals surface area contributed by atoms with E-state index < -0.39 is 0 Å². The topological polar surface area (TPSA) is 53.0 Å². The average Bonchev–Trinajstić information content (AvgIpc) is 2.08. The fourth-order valence-corrected chi connectivity index (χ4v) is 2.15. The fourth-order valence-electron chi connectivity index (χ4n) is 2.15. The molecule has 2 unspecified atom stereocenters. The van der Waals surface area contributed by atoms with Gasteiger partial charge in [-0.3, -0.25) is 4.79 Å². The summed E-state index contributed by atoms with van der Waals surface area (Å²) in [5, 5.41) is 11.1. The second-order valence-corrected chi connectivity index (χ2v) is 7.18. The van der Waals surface area contributed by atoms with Crippen molar-refractivity contribution >= 4 is 12.1 Å². The molecule has 2 N–H and O–H groups in total. The first-order chi connectivity index (χ1) is 7.49. The lowest BCUT2D eigenvalue weighted by atomic mass is 9.75. The van der Waals surface area contributed by atoms with Crippen LogP contribution in [0.2, 0.25) is 0 Å². The molecule has 0 spiro atoms. The van der Waals surface area contributed by atoms with Crippen LogP contribution in [0, 0.1) is 22.2 Å². The van der Waals surface area contributed by atoms with Crippen molar-refractivity contribution in [1.29, 1.82) is 5.41 Å². The molecule has 0 aromatic heterocycles. The molecule has 0 aromatic carbocycles. The van der Waals surface area contributed by atoms with Crippen LogP contribution in [0.4, 0.5) is 0 Å². The van der Waals surface area contributed by atoms with Gasteiger partial charge in [0, 0.05) is 17.7 Å². The molecule has 3 nitrogen and oxygen atoms in total. The first-order valence-corrected chi connectivity index (χ1v) is 6.26. The third-order valence-corrected chi connectivity index (χ3v) is 2.95. The summed E-state index contributed by atoms with van der Waals surface area (Å²) in [6.07, 6.45) is 1.51. The Morgan fingerprint density at radius 2 is 1.71 bits per heavy atom. The van der Waals surface area contributed by atoms with E-state index in [-0.39, 0.29) is 22.8 Å². The minimum Gasteiger partial charge on any atom is -0.355 e. The monoisotopic (exact) mass is 240 g/mol. The van der Waals surface area contributed by atoms with Crippen molar-refractivity contribution in [2.24, 2.45) is 16.7 Å². The Bertz CT molecular complexity index is 271. The van der Waals surface area contributed by atoms with Gasteiger partial charge in [0.25, 0.3) is 0 Å². The Morgan fingerprint density at radius 3 is 2.00 bits per heavy atom. The van der Waals surface area contributed by atoms with Crippen LogP contribution in [0.5, 0.6) is 0 Å². The molecule has 2 atom stereocenters. The molecule has 100 valence electrons. The second kappa shape index (κ2) is 5.65. The number of hydrogen-bond acceptors (Lipinski definition) is 2. The largest absolute Gasteiger partial charge is 0.355 e. The minimum absolute atomic E-state index is 0.00912. The van der Waals surface area contributed by atoms with Gasteiger partial charge in [0.15, 0.2) is 0 Å². The quantitative estimate of drug-likeness (QED) is 0.562. The van der Waals surface area contributed by atoms with Crippen LogP contribution in [0.15, 0.2) is 0 Å².